The van der Waals surface area contributed by atoms with Crippen molar-refractivity contribution >= 4 is 17.7 Å². The van der Waals surface area contributed by atoms with Crippen LogP contribution in [0.15, 0.2) is 70.5 Å². The van der Waals surface area contributed by atoms with E-state index in [1.807, 2.05) is 42.1 Å². The van der Waals surface area contributed by atoms with Crippen molar-refractivity contribution in [3.63, 3.8) is 0 Å². The van der Waals surface area contributed by atoms with Gasteiger partial charge in [-0.2, -0.15) is 0 Å². The molecule has 1 unspecified atom stereocenters. The molecule has 0 fully saturated rings. The Balaban J connectivity index is 1.80. The summed E-state index contributed by atoms with van der Waals surface area (Å²) < 4.78 is 1.91. The van der Waals surface area contributed by atoms with E-state index in [0.29, 0.717) is 17.9 Å². The first-order valence-electron chi connectivity index (χ1n) is 10.9. The zero-order chi connectivity index (χ0) is 22.6. The van der Waals surface area contributed by atoms with Crippen molar-refractivity contribution in [3.8, 4) is 0 Å². The fraction of sp³-hybridized carbons (Fsp3) is 0.308. The summed E-state index contributed by atoms with van der Waals surface area (Å²) in [5.74, 6) is 0.795. The first-order chi connectivity index (χ1) is 15.3. The molecule has 2 aliphatic heterocycles. The molecule has 1 aromatic heterocycles. The van der Waals surface area contributed by atoms with Crippen LogP contribution < -0.4 is 10.4 Å². The lowest BCUT2D eigenvalue weighted by Gasteiger charge is -2.48. The zero-order valence-electron chi connectivity index (χ0n) is 18.8. The highest BCUT2D eigenvalue weighted by atomic mass is 32.2. The van der Waals surface area contributed by atoms with E-state index in [1.165, 1.54) is 21.6 Å². The number of thioether (sulfide) groups is 1. The highest BCUT2D eigenvalue weighted by Crippen LogP contribution is 2.43. The minimum Gasteiger partial charge on any atom is -0.313 e. The van der Waals surface area contributed by atoms with E-state index < -0.39 is 5.54 Å². The Labute approximate surface area is 192 Å². The number of carbonyl (C=O) groups is 1. The second kappa shape index (κ2) is 7.55. The van der Waals surface area contributed by atoms with Crippen LogP contribution in [0.4, 0.5) is 0 Å². The molecule has 0 bridgehead atoms. The van der Waals surface area contributed by atoms with Crippen LogP contribution in [-0.4, -0.2) is 27.7 Å². The quantitative estimate of drug-likeness (QED) is 0.545. The van der Waals surface area contributed by atoms with Crippen molar-refractivity contribution < 1.29 is 4.79 Å². The summed E-state index contributed by atoms with van der Waals surface area (Å²) in [5.41, 5.74) is 4.17. The molecule has 3 heterocycles. The number of hydrogen-bond donors (Lipinski definition) is 0. The first kappa shape index (κ1) is 20.9. The molecule has 6 heteroatoms. The van der Waals surface area contributed by atoms with Gasteiger partial charge >= 0.3 is 0 Å². The molecule has 2 aromatic carbocycles. The van der Waals surface area contributed by atoms with Crippen molar-refractivity contribution in [2.24, 2.45) is 0 Å². The standard InChI is InChI=1S/C26H27N3O2S/c1-17-21(30)13-14-28-23(17)25(31)27(26(2,3)4)16-29(28)24-19-10-6-5-9-18(19)15-32-22-12-8-7-11-20(22)24/h5-14,24H,15-16H2,1-4H3. The molecule has 3 aromatic rings. The monoisotopic (exact) mass is 445 g/mol. The Hall–Kier alpha value is -2.99. The largest absolute Gasteiger partial charge is 0.313 e. The fourth-order valence-corrected chi connectivity index (χ4v) is 5.74. The van der Waals surface area contributed by atoms with E-state index in [1.54, 1.807) is 19.2 Å². The van der Waals surface area contributed by atoms with Gasteiger partial charge in [0.2, 0.25) is 0 Å². The smallest absolute Gasteiger partial charge is 0.274 e. The van der Waals surface area contributed by atoms with Crippen LogP contribution in [0, 0.1) is 6.92 Å². The second-order valence-electron chi connectivity index (χ2n) is 9.41. The molecule has 0 spiro atoms. The van der Waals surface area contributed by atoms with Gasteiger partial charge in [-0.05, 0) is 50.5 Å². The second-order valence-corrected chi connectivity index (χ2v) is 10.4. The number of rotatable bonds is 1. The molecule has 2 aliphatic rings. The van der Waals surface area contributed by atoms with Crippen molar-refractivity contribution in [2.75, 3.05) is 11.7 Å². The third-order valence-corrected chi connectivity index (χ3v) is 7.52. The molecule has 1 atom stereocenters. The van der Waals surface area contributed by atoms with Crippen LogP contribution >= 0.6 is 11.8 Å². The Bertz CT molecular complexity index is 1230. The summed E-state index contributed by atoms with van der Waals surface area (Å²) in [4.78, 5) is 29.2. The van der Waals surface area contributed by atoms with Crippen molar-refractivity contribution in [1.82, 2.24) is 9.58 Å². The van der Waals surface area contributed by atoms with Gasteiger partial charge in [0.1, 0.15) is 12.4 Å². The van der Waals surface area contributed by atoms with E-state index in [9.17, 15) is 9.59 Å². The van der Waals surface area contributed by atoms with E-state index in [2.05, 4.69) is 53.5 Å². The Morgan fingerprint density at radius 3 is 2.38 bits per heavy atom. The van der Waals surface area contributed by atoms with E-state index in [-0.39, 0.29) is 17.4 Å². The maximum atomic E-state index is 13.6. The average molecular weight is 446 g/mol. The number of hydrogen-bond acceptors (Lipinski definition) is 4. The van der Waals surface area contributed by atoms with Gasteiger partial charge in [0, 0.05) is 34.0 Å². The highest BCUT2D eigenvalue weighted by molar-refractivity contribution is 7.98. The Morgan fingerprint density at radius 2 is 1.62 bits per heavy atom. The van der Waals surface area contributed by atoms with Gasteiger partial charge in [0.15, 0.2) is 5.43 Å². The molecule has 0 aliphatic carbocycles. The molecular weight excluding hydrogens is 418 g/mol. The molecule has 5 nitrogen and oxygen atoms in total. The lowest BCUT2D eigenvalue weighted by Crippen LogP contribution is -2.60. The Kier molecular flexibility index (Phi) is 4.93. The maximum Gasteiger partial charge on any atom is 0.274 e. The summed E-state index contributed by atoms with van der Waals surface area (Å²) in [7, 11) is 0. The number of benzene rings is 2. The first-order valence-corrected chi connectivity index (χ1v) is 11.9. The summed E-state index contributed by atoms with van der Waals surface area (Å²) in [5, 5.41) is 2.23. The third kappa shape index (κ3) is 3.25. The molecule has 5 rings (SSSR count). The maximum absolute atomic E-state index is 13.6. The van der Waals surface area contributed by atoms with Gasteiger partial charge < -0.3 is 4.90 Å². The molecule has 0 N–H and O–H groups in total. The predicted octanol–water partition coefficient (Wildman–Crippen LogP) is 4.70. The number of nitrogens with zero attached hydrogens (tertiary/aromatic N) is 3. The van der Waals surface area contributed by atoms with Gasteiger partial charge in [0.05, 0.1) is 6.04 Å². The molecule has 0 radical (unpaired) electrons. The predicted molar refractivity (Wildman–Crippen MR) is 129 cm³/mol. The summed E-state index contributed by atoms with van der Waals surface area (Å²) in [6.07, 6.45) is 1.76. The average Bonchev–Trinajstić information content (AvgIpc) is 2.93. The topological polar surface area (TPSA) is 45.6 Å². The van der Waals surface area contributed by atoms with Crippen molar-refractivity contribution in [2.45, 2.75) is 49.9 Å². The SMILES string of the molecule is Cc1c2n(ccc1=O)N(C1c3ccccc3CSc3ccccc31)CN(C(C)(C)C)C2=O. The number of fused-ring (bicyclic) bond motifs is 3. The number of amides is 1. The van der Waals surface area contributed by atoms with E-state index >= 15 is 0 Å². The molecular formula is C26H27N3O2S. The normalized spacial score (nSPS) is 18.0. The third-order valence-electron chi connectivity index (χ3n) is 6.39. The summed E-state index contributed by atoms with van der Waals surface area (Å²) >= 11 is 1.85. The number of carbonyl (C=O) groups excluding carboxylic acids is 1. The molecule has 1 amide bonds. The number of aromatic nitrogens is 1. The molecule has 32 heavy (non-hydrogen) atoms. The minimum atomic E-state index is -0.391. The lowest BCUT2D eigenvalue weighted by molar-refractivity contribution is 0.0484. The van der Waals surface area contributed by atoms with E-state index in [0.717, 1.165) is 5.75 Å². The van der Waals surface area contributed by atoms with Crippen molar-refractivity contribution in [1.29, 1.82) is 0 Å². The minimum absolute atomic E-state index is 0.0870. The van der Waals surface area contributed by atoms with Gasteiger partial charge in [-0.15, -0.1) is 11.8 Å². The highest BCUT2D eigenvalue weighted by Gasteiger charge is 2.41. The van der Waals surface area contributed by atoms with Crippen LogP contribution in [0.1, 0.15) is 59.6 Å². The number of pyridine rings is 1. The van der Waals surface area contributed by atoms with Gasteiger partial charge in [-0.1, -0.05) is 42.5 Å². The zero-order valence-corrected chi connectivity index (χ0v) is 19.6. The van der Waals surface area contributed by atoms with Crippen LogP contribution in [-0.2, 0) is 5.75 Å². The lowest BCUT2D eigenvalue weighted by atomic mass is 9.94. The molecule has 0 saturated carbocycles. The van der Waals surface area contributed by atoms with Crippen LogP contribution in [0.5, 0.6) is 0 Å². The molecule has 164 valence electrons. The fourth-order valence-electron chi connectivity index (χ4n) is 4.64. The van der Waals surface area contributed by atoms with Crippen LogP contribution in [0.25, 0.3) is 0 Å². The molecule has 0 saturated heterocycles. The van der Waals surface area contributed by atoms with Gasteiger partial charge in [0.25, 0.3) is 5.91 Å². The van der Waals surface area contributed by atoms with Gasteiger partial charge in [-0.3, -0.25) is 19.3 Å². The van der Waals surface area contributed by atoms with E-state index in [4.69, 9.17) is 0 Å². The van der Waals surface area contributed by atoms with Crippen molar-refractivity contribution in [3.05, 3.63) is 99.0 Å². The Morgan fingerprint density at radius 1 is 0.938 bits per heavy atom. The van der Waals surface area contributed by atoms with Crippen LogP contribution in [0.2, 0.25) is 0 Å². The summed E-state index contributed by atoms with van der Waals surface area (Å²) in [6.45, 7) is 8.30. The summed E-state index contributed by atoms with van der Waals surface area (Å²) in [6, 6.07) is 18.5. The van der Waals surface area contributed by atoms with Gasteiger partial charge in [-0.25, -0.2) is 0 Å². The van der Waals surface area contributed by atoms with Crippen LogP contribution in [0.3, 0.4) is 0 Å².